The van der Waals surface area contributed by atoms with Gasteiger partial charge in [0, 0.05) is 37.4 Å². The topological polar surface area (TPSA) is 49.4 Å². The second-order valence-corrected chi connectivity index (χ2v) is 8.56. The van der Waals surface area contributed by atoms with Crippen LogP contribution in [0.25, 0.3) is 0 Å². The summed E-state index contributed by atoms with van der Waals surface area (Å²) in [6.07, 6.45) is 1.32. The van der Waals surface area contributed by atoms with Crippen molar-refractivity contribution in [1.82, 2.24) is 4.90 Å². The molecule has 1 aromatic carbocycles. The van der Waals surface area contributed by atoms with Crippen molar-refractivity contribution >= 4 is 38.9 Å². The van der Waals surface area contributed by atoms with E-state index in [0.29, 0.717) is 23.9 Å². The second kappa shape index (κ2) is 7.02. The highest BCUT2D eigenvalue weighted by Gasteiger charge is 2.30. The van der Waals surface area contributed by atoms with Gasteiger partial charge in [-0.3, -0.25) is 4.90 Å². The molecule has 0 amide bonds. The van der Waals surface area contributed by atoms with E-state index in [1.165, 1.54) is 6.26 Å². The molecule has 1 saturated heterocycles. The number of benzene rings is 1. The van der Waals surface area contributed by atoms with Crippen molar-refractivity contribution in [1.29, 1.82) is 0 Å². The summed E-state index contributed by atoms with van der Waals surface area (Å²) in [6, 6.07) is 7.56. The van der Waals surface area contributed by atoms with Crippen molar-refractivity contribution in [2.75, 3.05) is 42.7 Å². The number of anilines is 1. The lowest BCUT2D eigenvalue weighted by atomic mass is 10.3. The fourth-order valence-electron chi connectivity index (χ4n) is 2.20. The molecule has 0 saturated carbocycles. The largest absolute Gasteiger partial charge is 0.383 e. The fourth-order valence-corrected chi connectivity index (χ4v) is 5.38. The Balaban J connectivity index is 1.91. The van der Waals surface area contributed by atoms with Crippen LogP contribution >= 0.6 is 23.4 Å². The smallest absolute Gasteiger partial charge is 0.164 e. The van der Waals surface area contributed by atoms with Crippen molar-refractivity contribution in [3.63, 3.8) is 0 Å². The van der Waals surface area contributed by atoms with Crippen LogP contribution in [0.4, 0.5) is 5.69 Å². The van der Waals surface area contributed by atoms with Crippen molar-refractivity contribution in [3.05, 3.63) is 29.3 Å². The molecule has 0 aliphatic carbocycles. The number of halogens is 1. The van der Waals surface area contributed by atoms with E-state index in [1.54, 1.807) is 11.8 Å². The number of hydrogen-bond acceptors (Lipinski definition) is 5. The summed E-state index contributed by atoms with van der Waals surface area (Å²) in [6.45, 7) is 2.19. The number of para-hydroxylation sites is 1. The van der Waals surface area contributed by atoms with Gasteiger partial charge < -0.3 is 5.32 Å². The molecule has 0 spiro atoms. The first kappa shape index (κ1) is 15.9. The van der Waals surface area contributed by atoms with Gasteiger partial charge in [0.2, 0.25) is 0 Å². The Hall–Kier alpha value is -0.430. The monoisotopic (exact) mass is 334 g/mol. The zero-order valence-electron chi connectivity index (χ0n) is 11.4. The third-order valence-corrected chi connectivity index (χ3v) is 6.29. The van der Waals surface area contributed by atoms with Gasteiger partial charge in [0.1, 0.15) is 5.37 Å². The molecule has 1 heterocycles. The maximum Gasteiger partial charge on any atom is 0.164 e. The number of nitrogens with one attached hydrogen (secondary N) is 1. The molecule has 0 aromatic heterocycles. The lowest BCUT2D eigenvalue weighted by Gasteiger charge is -2.34. The lowest BCUT2D eigenvalue weighted by Crippen LogP contribution is -2.48. The Morgan fingerprint density at radius 1 is 1.45 bits per heavy atom. The summed E-state index contributed by atoms with van der Waals surface area (Å²) in [5.74, 6) is 1.64. The first-order valence-corrected chi connectivity index (χ1v) is 9.96. The maximum atomic E-state index is 11.8. The number of thioether (sulfide) groups is 1. The molecule has 0 bridgehead atoms. The zero-order chi connectivity index (χ0) is 14.6. The summed E-state index contributed by atoms with van der Waals surface area (Å²) in [5.41, 5.74) is 0.886. The van der Waals surface area contributed by atoms with Gasteiger partial charge in [-0.05, 0) is 12.1 Å². The molecule has 0 radical (unpaired) electrons. The van der Waals surface area contributed by atoms with Crippen LogP contribution in [0.15, 0.2) is 24.3 Å². The van der Waals surface area contributed by atoms with Crippen LogP contribution in [0, 0.1) is 0 Å². The van der Waals surface area contributed by atoms with E-state index < -0.39 is 9.84 Å². The summed E-state index contributed by atoms with van der Waals surface area (Å²) in [7, 11) is -3.03. The van der Waals surface area contributed by atoms with Crippen LogP contribution in [-0.4, -0.2) is 56.1 Å². The molecular weight excluding hydrogens is 316 g/mol. The Morgan fingerprint density at radius 2 is 2.20 bits per heavy atom. The standard InChI is InChI=1S/C13H19ClN2O2S2/c1-20(17,18)13-10-19-9-8-16(13)7-6-15-12-5-3-2-4-11(12)14/h2-5,13,15H,6-10H2,1H3. The highest BCUT2D eigenvalue weighted by molar-refractivity contribution is 8.00. The summed E-state index contributed by atoms with van der Waals surface area (Å²) < 4.78 is 23.6. The van der Waals surface area contributed by atoms with Crippen LogP contribution in [0.2, 0.25) is 5.02 Å². The van der Waals surface area contributed by atoms with E-state index in [1.807, 2.05) is 29.2 Å². The maximum absolute atomic E-state index is 11.8. The molecule has 7 heteroatoms. The first-order chi connectivity index (χ1) is 9.48. The zero-order valence-corrected chi connectivity index (χ0v) is 13.8. The molecule has 1 atom stereocenters. The molecule has 112 valence electrons. The predicted octanol–water partition coefficient (Wildman–Crippen LogP) is 2.17. The van der Waals surface area contributed by atoms with E-state index in [-0.39, 0.29) is 5.37 Å². The third kappa shape index (κ3) is 4.28. The SMILES string of the molecule is CS(=O)(=O)C1CSCCN1CCNc1ccccc1Cl. The Morgan fingerprint density at radius 3 is 2.90 bits per heavy atom. The van der Waals surface area contributed by atoms with Crippen molar-refractivity contribution in [3.8, 4) is 0 Å². The highest BCUT2D eigenvalue weighted by atomic mass is 35.5. The Bertz CT molecular complexity index is 551. The lowest BCUT2D eigenvalue weighted by molar-refractivity contribution is 0.281. The van der Waals surface area contributed by atoms with Gasteiger partial charge in [-0.2, -0.15) is 11.8 Å². The van der Waals surface area contributed by atoms with Crippen LogP contribution in [0.1, 0.15) is 0 Å². The quantitative estimate of drug-likeness (QED) is 0.894. The van der Waals surface area contributed by atoms with Crippen molar-refractivity contribution in [2.45, 2.75) is 5.37 Å². The van der Waals surface area contributed by atoms with E-state index in [2.05, 4.69) is 5.32 Å². The van der Waals surface area contributed by atoms with E-state index >= 15 is 0 Å². The molecule has 1 aromatic rings. The molecule has 1 aliphatic heterocycles. The molecule has 20 heavy (non-hydrogen) atoms. The van der Waals surface area contributed by atoms with Crippen LogP contribution in [0.3, 0.4) is 0 Å². The van der Waals surface area contributed by atoms with Gasteiger partial charge in [0.05, 0.1) is 10.7 Å². The predicted molar refractivity (Wildman–Crippen MR) is 87.5 cm³/mol. The summed E-state index contributed by atoms with van der Waals surface area (Å²) in [5, 5.41) is 3.57. The summed E-state index contributed by atoms with van der Waals surface area (Å²) in [4.78, 5) is 2.04. The Kier molecular flexibility index (Phi) is 5.60. The summed E-state index contributed by atoms with van der Waals surface area (Å²) >= 11 is 7.78. The number of rotatable bonds is 5. The molecule has 1 aliphatic rings. The molecule has 4 nitrogen and oxygen atoms in total. The van der Waals surface area contributed by atoms with Crippen LogP contribution in [0.5, 0.6) is 0 Å². The van der Waals surface area contributed by atoms with Gasteiger partial charge in [-0.25, -0.2) is 8.42 Å². The molecule has 2 rings (SSSR count). The number of nitrogens with zero attached hydrogens (tertiary/aromatic N) is 1. The average molecular weight is 335 g/mol. The number of sulfone groups is 1. The van der Waals surface area contributed by atoms with Crippen molar-refractivity contribution in [2.24, 2.45) is 0 Å². The van der Waals surface area contributed by atoms with Crippen LogP contribution < -0.4 is 5.32 Å². The van der Waals surface area contributed by atoms with Crippen LogP contribution in [-0.2, 0) is 9.84 Å². The second-order valence-electron chi connectivity index (χ2n) is 4.80. The third-order valence-electron chi connectivity index (χ3n) is 3.27. The molecule has 1 fully saturated rings. The molecular formula is C13H19ClN2O2S2. The normalized spacial score (nSPS) is 20.8. The van der Waals surface area contributed by atoms with Gasteiger partial charge >= 0.3 is 0 Å². The minimum atomic E-state index is -3.03. The molecule has 1 N–H and O–H groups in total. The van der Waals surface area contributed by atoms with Crippen molar-refractivity contribution < 1.29 is 8.42 Å². The van der Waals surface area contributed by atoms with Gasteiger partial charge in [-0.1, -0.05) is 23.7 Å². The minimum Gasteiger partial charge on any atom is -0.383 e. The van der Waals surface area contributed by atoms with Gasteiger partial charge in [0.15, 0.2) is 9.84 Å². The fraction of sp³-hybridized carbons (Fsp3) is 0.538. The van der Waals surface area contributed by atoms with E-state index in [0.717, 1.165) is 18.0 Å². The highest BCUT2D eigenvalue weighted by Crippen LogP contribution is 2.22. The van der Waals surface area contributed by atoms with E-state index in [9.17, 15) is 8.42 Å². The molecule has 1 unspecified atom stereocenters. The van der Waals surface area contributed by atoms with Gasteiger partial charge in [0.25, 0.3) is 0 Å². The number of hydrogen-bond donors (Lipinski definition) is 1. The van der Waals surface area contributed by atoms with E-state index in [4.69, 9.17) is 11.6 Å². The average Bonchev–Trinajstić information content (AvgIpc) is 2.40. The van der Waals surface area contributed by atoms with Gasteiger partial charge in [-0.15, -0.1) is 0 Å². The first-order valence-electron chi connectivity index (χ1n) is 6.47. The Labute approximate surface area is 129 Å². The minimum absolute atomic E-state index is 0.366.